The number of nitrogens with zero attached hydrogens (tertiary/aromatic N) is 1. The topological polar surface area (TPSA) is 15.3 Å². The van der Waals surface area contributed by atoms with Crippen LogP contribution in [0.25, 0.3) is 0 Å². The van der Waals surface area contributed by atoms with Crippen LogP contribution in [0, 0.1) is 5.92 Å². The fourth-order valence-electron chi connectivity index (χ4n) is 3.21. The minimum absolute atomic E-state index is 0.367. The monoisotopic (exact) mass is 280 g/mol. The van der Waals surface area contributed by atoms with E-state index < -0.39 is 0 Å². The summed E-state index contributed by atoms with van der Waals surface area (Å²) in [6.45, 7) is 3.38. The molecule has 2 nitrogen and oxygen atoms in total. The van der Waals surface area contributed by atoms with Crippen molar-refractivity contribution in [1.29, 1.82) is 0 Å². The van der Waals surface area contributed by atoms with Crippen molar-refractivity contribution >= 4 is 11.6 Å². The fraction of sp³-hybridized carbons (Fsp3) is 0.625. The van der Waals surface area contributed by atoms with Crippen LogP contribution >= 0.6 is 11.6 Å². The number of rotatable bonds is 5. The minimum Gasteiger partial charge on any atom is -0.317 e. The zero-order valence-electron chi connectivity index (χ0n) is 12.2. The first-order valence-electron chi connectivity index (χ1n) is 7.25. The second-order valence-electron chi connectivity index (χ2n) is 5.72. The van der Waals surface area contributed by atoms with Crippen LogP contribution in [0.2, 0.25) is 5.02 Å². The van der Waals surface area contributed by atoms with Crippen LogP contribution < -0.4 is 5.32 Å². The van der Waals surface area contributed by atoms with Crippen LogP contribution in [0.1, 0.15) is 37.8 Å². The Morgan fingerprint density at radius 3 is 2.79 bits per heavy atom. The van der Waals surface area contributed by atoms with E-state index >= 15 is 0 Å². The lowest BCUT2D eigenvalue weighted by molar-refractivity contribution is 0.206. The van der Waals surface area contributed by atoms with Crippen molar-refractivity contribution in [2.24, 2.45) is 5.92 Å². The molecular formula is C16H25ClN2. The highest BCUT2D eigenvalue weighted by Gasteiger charge is 2.28. The van der Waals surface area contributed by atoms with Crippen molar-refractivity contribution in [2.45, 2.75) is 38.3 Å². The summed E-state index contributed by atoms with van der Waals surface area (Å²) in [6.07, 6.45) is 4.01. The predicted octanol–water partition coefficient (Wildman–Crippen LogP) is 3.72. The summed E-state index contributed by atoms with van der Waals surface area (Å²) in [5, 5.41) is 4.33. The summed E-state index contributed by atoms with van der Waals surface area (Å²) in [4.78, 5) is 2.43. The molecule has 1 aromatic rings. The molecule has 0 radical (unpaired) electrons. The Labute approximate surface area is 122 Å². The van der Waals surface area contributed by atoms with Crippen LogP contribution in [0.4, 0.5) is 0 Å². The molecular weight excluding hydrogens is 256 g/mol. The molecule has 0 aliphatic heterocycles. The van der Waals surface area contributed by atoms with E-state index in [1.165, 1.54) is 24.8 Å². The Morgan fingerprint density at radius 1 is 1.37 bits per heavy atom. The van der Waals surface area contributed by atoms with Crippen LogP contribution in [0.15, 0.2) is 24.3 Å². The number of halogens is 1. The van der Waals surface area contributed by atoms with Gasteiger partial charge in [0.15, 0.2) is 0 Å². The Morgan fingerprint density at radius 2 is 2.11 bits per heavy atom. The third-order valence-electron chi connectivity index (χ3n) is 4.57. The molecule has 0 heterocycles. The van der Waals surface area contributed by atoms with Gasteiger partial charge in [-0.3, -0.25) is 4.90 Å². The van der Waals surface area contributed by atoms with E-state index in [-0.39, 0.29) is 0 Å². The van der Waals surface area contributed by atoms with Crippen molar-refractivity contribution in [1.82, 2.24) is 10.2 Å². The lowest BCUT2D eigenvalue weighted by Gasteiger charge is -2.30. The van der Waals surface area contributed by atoms with E-state index in [4.69, 9.17) is 11.6 Å². The molecule has 0 spiro atoms. The summed E-state index contributed by atoms with van der Waals surface area (Å²) in [7, 11) is 4.29. The molecule has 1 aliphatic rings. The number of benzene rings is 1. The Bertz CT molecular complexity index is 407. The molecule has 3 heteroatoms. The zero-order valence-corrected chi connectivity index (χ0v) is 13.0. The van der Waals surface area contributed by atoms with E-state index in [0.717, 1.165) is 17.5 Å². The summed E-state index contributed by atoms with van der Waals surface area (Å²) in [6, 6.07) is 9.22. The summed E-state index contributed by atoms with van der Waals surface area (Å²) < 4.78 is 0. The van der Waals surface area contributed by atoms with Gasteiger partial charge in [-0.2, -0.15) is 0 Å². The second kappa shape index (κ2) is 6.74. The molecule has 1 fully saturated rings. The largest absolute Gasteiger partial charge is 0.317 e. The van der Waals surface area contributed by atoms with Gasteiger partial charge in [0.2, 0.25) is 0 Å². The summed E-state index contributed by atoms with van der Waals surface area (Å²) in [5.41, 5.74) is 1.23. The Hall–Kier alpha value is -0.570. The molecule has 0 bridgehead atoms. The molecule has 1 N–H and O–H groups in total. The normalized spacial score (nSPS) is 24.9. The molecule has 106 valence electrons. The average molecular weight is 281 g/mol. The maximum Gasteiger partial charge on any atom is 0.0453 e. The van der Waals surface area contributed by atoms with Crippen LogP contribution in [-0.4, -0.2) is 31.6 Å². The second-order valence-corrected chi connectivity index (χ2v) is 6.13. The molecule has 1 aliphatic carbocycles. The average Bonchev–Trinajstić information content (AvgIpc) is 2.85. The zero-order chi connectivity index (χ0) is 13.8. The number of hydrogen-bond acceptors (Lipinski definition) is 2. The molecule has 19 heavy (non-hydrogen) atoms. The third-order valence-corrected chi connectivity index (χ3v) is 4.91. The Kier molecular flexibility index (Phi) is 5.26. The van der Waals surface area contributed by atoms with E-state index in [2.05, 4.69) is 43.4 Å². The van der Waals surface area contributed by atoms with Crippen LogP contribution in [0.3, 0.4) is 0 Å². The van der Waals surface area contributed by atoms with Gasteiger partial charge in [-0.15, -0.1) is 0 Å². The molecule has 1 aromatic carbocycles. The maximum atomic E-state index is 6.30. The Balaban J connectivity index is 1.99. The molecule has 0 saturated heterocycles. The van der Waals surface area contributed by atoms with Crippen molar-refractivity contribution in [3.63, 3.8) is 0 Å². The molecule has 2 rings (SSSR count). The SMILES string of the molecule is CNC1CCCC1CN(C)C(C)c1ccccc1Cl. The molecule has 1 saturated carbocycles. The fourth-order valence-corrected chi connectivity index (χ4v) is 3.51. The molecule has 0 aromatic heterocycles. The van der Waals surface area contributed by atoms with Crippen molar-refractivity contribution < 1.29 is 0 Å². The van der Waals surface area contributed by atoms with Gasteiger partial charge in [-0.25, -0.2) is 0 Å². The summed E-state index contributed by atoms with van der Waals surface area (Å²) >= 11 is 6.30. The van der Waals surface area contributed by atoms with Gasteiger partial charge in [0.25, 0.3) is 0 Å². The van der Waals surface area contributed by atoms with Crippen molar-refractivity contribution in [3.8, 4) is 0 Å². The molecule has 3 unspecified atom stereocenters. The molecule has 0 amide bonds. The van der Waals surface area contributed by atoms with Gasteiger partial charge in [0.05, 0.1) is 0 Å². The first kappa shape index (κ1) is 14.8. The number of nitrogens with one attached hydrogen (secondary N) is 1. The highest BCUT2D eigenvalue weighted by Crippen LogP contribution is 2.30. The maximum absolute atomic E-state index is 6.30. The van der Waals surface area contributed by atoms with E-state index in [0.29, 0.717) is 12.1 Å². The quantitative estimate of drug-likeness (QED) is 0.884. The lowest BCUT2D eigenvalue weighted by Crippen LogP contribution is -2.37. The van der Waals surface area contributed by atoms with Gasteiger partial charge in [-0.05, 0) is 51.4 Å². The lowest BCUT2D eigenvalue weighted by atomic mass is 10.0. The van der Waals surface area contributed by atoms with Gasteiger partial charge >= 0.3 is 0 Å². The highest BCUT2D eigenvalue weighted by molar-refractivity contribution is 6.31. The van der Waals surface area contributed by atoms with Gasteiger partial charge in [0, 0.05) is 23.7 Å². The van der Waals surface area contributed by atoms with Gasteiger partial charge in [0.1, 0.15) is 0 Å². The number of hydrogen-bond donors (Lipinski definition) is 1. The minimum atomic E-state index is 0.367. The van der Waals surface area contributed by atoms with E-state index in [1.54, 1.807) is 0 Å². The smallest absolute Gasteiger partial charge is 0.0453 e. The molecule has 3 atom stereocenters. The van der Waals surface area contributed by atoms with E-state index in [9.17, 15) is 0 Å². The highest BCUT2D eigenvalue weighted by atomic mass is 35.5. The first-order chi connectivity index (χ1) is 9.13. The van der Waals surface area contributed by atoms with E-state index in [1.807, 2.05) is 12.1 Å². The van der Waals surface area contributed by atoms with Crippen LogP contribution in [0.5, 0.6) is 0 Å². The standard InChI is InChI=1S/C16H25ClN2/c1-12(14-8-4-5-9-15(14)17)19(3)11-13-7-6-10-16(13)18-2/h4-5,8-9,12-13,16,18H,6-7,10-11H2,1-3H3. The third kappa shape index (κ3) is 3.50. The first-order valence-corrected chi connectivity index (χ1v) is 7.63. The summed E-state index contributed by atoms with van der Waals surface area (Å²) in [5.74, 6) is 0.764. The van der Waals surface area contributed by atoms with Gasteiger partial charge in [-0.1, -0.05) is 36.2 Å². The van der Waals surface area contributed by atoms with Gasteiger partial charge < -0.3 is 5.32 Å². The van der Waals surface area contributed by atoms with Crippen molar-refractivity contribution in [3.05, 3.63) is 34.9 Å². The van der Waals surface area contributed by atoms with Crippen LogP contribution in [-0.2, 0) is 0 Å². The predicted molar refractivity (Wildman–Crippen MR) is 82.7 cm³/mol. The van der Waals surface area contributed by atoms with Crippen molar-refractivity contribution in [2.75, 3.05) is 20.6 Å².